The molecule has 0 heterocycles. The molecule has 0 bridgehead atoms. The van der Waals surface area contributed by atoms with Crippen LogP contribution in [0.3, 0.4) is 0 Å². The number of hydrogen-bond acceptors (Lipinski definition) is 1. The maximum atomic E-state index is 5.56. The van der Waals surface area contributed by atoms with Crippen molar-refractivity contribution < 1.29 is 4.74 Å². The molecule has 0 aliphatic rings. The highest BCUT2D eigenvalue weighted by Crippen LogP contribution is 2.13. The van der Waals surface area contributed by atoms with Crippen LogP contribution in [0.15, 0.2) is 30.3 Å². The molecule has 0 atom stereocenters. The van der Waals surface area contributed by atoms with Gasteiger partial charge in [0.05, 0.1) is 6.61 Å². The van der Waals surface area contributed by atoms with Gasteiger partial charge < -0.3 is 4.74 Å². The lowest BCUT2D eigenvalue weighted by molar-refractivity contribution is 0.309. The number of ether oxygens (including phenoxy) is 1. The second-order valence-electron chi connectivity index (χ2n) is 3.27. The van der Waals surface area contributed by atoms with Gasteiger partial charge in [-0.05, 0) is 31.0 Å². The average Bonchev–Trinajstić information content (AvgIpc) is 2.21. The van der Waals surface area contributed by atoms with Crippen molar-refractivity contribution in [1.29, 1.82) is 0 Å². The van der Waals surface area contributed by atoms with Crippen LogP contribution >= 0.6 is 0 Å². The third-order valence-electron chi connectivity index (χ3n) is 2.01. The normalized spacial score (nSPS) is 10.7. The highest BCUT2D eigenvalue weighted by atomic mass is 16.5. The molecule has 1 aromatic rings. The molecule has 0 fully saturated rings. The third kappa shape index (κ3) is 3.65. The predicted octanol–water partition coefficient (Wildman–Crippen LogP) is 3.90. The monoisotopic (exact) mass is 190 g/mol. The van der Waals surface area contributed by atoms with E-state index in [9.17, 15) is 0 Å². The van der Waals surface area contributed by atoms with Crippen molar-refractivity contribution in [2.75, 3.05) is 6.61 Å². The molecular weight excluding hydrogens is 172 g/mol. The standard InChI is InChI=1S/C13H18O/c1-3-5-11-14-13-9-7-12(6-4-2)8-10-13/h4,6-10H,3,5,11H2,1-2H3. The Morgan fingerprint density at radius 2 is 1.93 bits per heavy atom. The SMILES string of the molecule is CC=Cc1ccc(OCCCC)cc1. The smallest absolute Gasteiger partial charge is 0.119 e. The summed E-state index contributed by atoms with van der Waals surface area (Å²) < 4.78 is 5.56. The zero-order valence-electron chi connectivity index (χ0n) is 8.99. The lowest BCUT2D eigenvalue weighted by Crippen LogP contribution is -1.95. The summed E-state index contributed by atoms with van der Waals surface area (Å²) >= 11 is 0. The van der Waals surface area contributed by atoms with Crippen LogP contribution in [0.5, 0.6) is 5.75 Å². The molecule has 0 radical (unpaired) electrons. The van der Waals surface area contributed by atoms with Crippen LogP contribution in [0.4, 0.5) is 0 Å². The molecule has 0 amide bonds. The summed E-state index contributed by atoms with van der Waals surface area (Å²) in [6.45, 7) is 5.00. The van der Waals surface area contributed by atoms with E-state index in [1.165, 1.54) is 12.0 Å². The van der Waals surface area contributed by atoms with Crippen LogP contribution in [0.25, 0.3) is 6.08 Å². The fourth-order valence-corrected chi connectivity index (χ4v) is 1.20. The van der Waals surface area contributed by atoms with E-state index in [0.717, 1.165) is 18.8 Å². The Morgan fingerprint density at radius 3 is 2.50 bits per heavy atom. The molecule has 0 unspecified atom stereocenters. The Balaban J connectivity index is 2.46. The van der Waals surface area contributed by atoms with Gasteiger partial charge in [0.2, 0.25) is 0 Å². The minimum atomic E-state index is 0.819. The van der Waals surface area contributed by atoms with Gasteiger partial charge in [-0.25, -0.2) is 0 Å². The average molecular weight is 190 g/mol. The van der Waals surface area contributed by atoms with Crippen LogP contribution < -0.4 is 4.74 Å². The minimum Gasteiger partial charge on any atom is -0.494 e. The van der Waals surface area contributed by atoms with Crippen LogP contribution in [-0.2, 0) is 0 Å². The van der Waals surface area contributed by atoms with E-state index in [1.807, 2.05) is 25.1 Å². The quantitative estimate of drug-likeness (QED) is 0.640. The molecule has 0 spiro atoms. The number of hydrogen-bond donors (Lipinski definition) is 0. The third-order valence-corrected chi connectivity index (χ3v) is 2.01. The van der Waals surface area contributed by atoms with E-state index >= 15 is 0 Å². The molecule has 0 N–H and O–H groups in total. The first-order chi connectivity index (χ1) is 6.86. The van der Waals surface area contributed by atoms with Crippen molar-refractivity contribution >= 4 is 6.08 Å². The fraction of sp³-hybridized carbons (Fsp3) is 0.385. The maximum absolute atomic E-state index is 5.56. The van der Waals surface area contributed by atoms with E-state index in [0.29, 0.717) is 0 Å². The molecule has 14 heavy (non-hydrogen) atoms. The fourth-order valence-electron chi connectivity index (χ4n) is 1.20. The van der Waals surface area contributed by atoms with Gasteiger partial charge in [-0.15, -0.1) is 0 Å². The van der Waals surface area contributed by atoms with Gasteiger partial charge in [0.15, 0.2) is 0 Å². The van der Waals surface area contributed by atoms with Crippen LogP contribution in [0.2, 0.25) is 0 Å². The summed E-state index contributed by atoms with van der Waals surface area (Å²) in [7, 11) is 0. The van der Waals surface area contributed by atoms with Crippen LogP contribution in [-0.4, -0.2) is 6.61 Å². The lowest BCUT2D eigenvalue weighted by Gasteiger charge is -2.04. The van der Waals surface area contributed by atoms with E-state index in [1.54, 1.807) is 0 Å². The highest BCUT2D eigenvalue weighted by Gasteiger charge is 1.92. The molecule has 1 heteroatoms. The second-order valence-corrected chi connectivity index (χ2v) is 3.27. The maximum Gasteiger partial charge on any atom is 0.119 e. The van der Waals surface area contributed by atoms with E-state index in [2.05, 4.69) is 25.1 Å². The number of allylic oxidation sites excluding steroid dienone is 1. The van der Waals surface area contributed by atoms with Gasteiger partial charge in [-0.2, -0.15) is 0 Å². The molecule has 0 saturated heterocycles. The van der Waals surface area contributed by atoms with Crippen molar-refractivity contribution in [3.05, 3.63) is 35.9 Å². The zero-order valence-corrected chi connectivity index (χ0v) is 8.99. The highest BCUT2D eigenvalue weighted by molar-refractivity contribution is 5.50. The Kier molecular flexibility index (Phi) is 4.84. The topological polar surface area (TPSA) is 9.23 Å². The summed E-state index contributed by atoms with van der Waals surface area (Å²) in [5.74, 6) is 0.965. The molecule has 1 aromatic carbocycles. The van der Waals surface area contributed by atoms with Gasteiger partial charge in [0.1, 0.15) is 5.75 Å². The summed E-state index contributed by atoms with van der Waals surface area (Å²) in [5.41, 5.74) is 1.22. The molecule has 0 aliphatic carbocycles. The molecular formula is C13H18O. The lowest BCUT2D eigenvalue weighted by atomic mass is 10.2. The number of unbranched alkanes of at least 4 members (excludes halogenated alkanes) is 1. The molecule has 1 nitrogen and oxygen atoms in total. The summed E-state index contributed by atoms with van der Waals surface area (Å²) in [6.07, 6.45) is 6.41. The van der Waals surface area contributed by atoms with Crippen LogP contribution in [0, 0.1) is 0 Å². The summed E-state index contributed by atoms with van der Waals surface area (Å²) in [4.78, 5) is 0. The Hall–Kier alpha value is -1.24. The molecule has 76 valence electrons. The molecule has 1 rings (SSSR count). The second kappa shape index (κ2) is 6.25. The van der Waals surface area contributed by atoms with Crippen molar-refractivity contribution in [3.63, 3.8) is 0 Å². The Labute approximate surface area is 86.4 Å². The predicted molar refractivity (Wildman–Crippen MR) is 61.6 cm³/mol. The van der Waals surface area contributed by atoms with Gasteiger partial charge >= 0.3 is 0 Å². The minimum absolute atomic E-state index is 0.819. The summed E-state index contributed by atoms with van der Waals surface area (Å²) in [6, 6.07) is 8.18. The zero-order chi connectivity index (χ0) is 10.2. The summed E-state index contributed by atoms with van der Waals surface area (Å²) in [5, 5.41) is 0. The number of rotatable bonds is 5. The number of benzene rings is 1. The first-order valence-electron chi connectivity index (χ1n) is 5.22. The molecule has 0 aliphatic heterocycles. The van der Waals surface area contributed by atoms with Gasteiger partial charge in [-0.3, -0.25) is 0 Å². The van der Waals surface area contributed by atoms with E-state index < -0.39 is 0 Å². The van der Waals surface area contributed by atoms with Crippen molar-refractivity contribution in [2.45, 2.75) is 26.7 Å². The van der Waals surface area contributed by atoms with E-state index in [-0.39, 0.29) is 0 Å². The van der Waals surface area contributed by atoms with Crippen LogP contribution in [0.1, 0.15) is 32.3 Å². The first-order valence-corrected chi connectivity index (χ1v) is 5.22. The molecule has 0 aromatic heterocycles. The molecule has 0 saturated carbocycles. The van der Waals surface area contributed by atoms with Gasteiger partial charge in [0, 0.05) is 0 Å². The Morgan fingerprint density at radius 1 is 1.21 bits per heavy atom. The van der Waals surface area contributed by atoms with Gasteiger partial charge in [-0.1, -0.05) is 37.6 Å². The van der Waals surface area contributed by atoms with Gasteiger partial charge in [0.25, 0.3) is 0 Å². The largest absolute Gasteiger partial charge is 0.494 e. The van der Waals surface area contributed by atoms with Crippen molar-refractivity contribution in [2.24, 2.45) is 0 Å². The Bertz CT molecular complexity index is 272. The van der Waals surface area contributed by atoms with Crippen molar-refractivity contribution in [1.82, 2.24) is 0 Å². The van der Waals surface area contributed by atoms with Crippen molar-refractivity contribution in [3.8, 4) is 5.75 Å². The first kappa shape index (κ1) is 10.8. The van der Waals surface area contributed by atoms with E-state index in [4.69, 9.17) is 4.74 Å².